The van der Waals surface area contributed by atoms with Gasteiger partial charge in [-0.15, -0.1) is 0 Å². The van der Waals surface area contributed by atoms with Crippen LogP contribution in [-0.4, -0.2) is 43.5 Å². The fourth-order valence-electron chi connectivity index (χ4n) is 3.91. The molecule has 2 aromatic carbocycles. The van der Waals surface area contributed by atoms with E-state index in [2.05, 4.69) is 5.32 Å². The molecule has 0 radical (unpaired) electrons. The Bertz CT molecular complexity index is 1070. The van der Waals surface area contributed by atoms with Gasteiger partial charge in [-0.1, -0.05) is 6.07 Å². The number of benzene rings is 2. The normalized spacial score (nSPS) is 17.0. The van der Waals surface area contributed by atoms with Gasteiger partial charge in [-0.25, -0.2) is 0 Å². The summed E-state index contributed by atoms with van der Waals surface area (Å²) in [4.78, 5) is 36.1. The van der Waals surface area contributed by atoms with E-state index in [0.29, 0.717) is 38.2 Å². The molecule has 0 unspecified atom stereocenters. The van der Waals surface area contributed by atoms with Crippen LogP contribution in [0.5, 0.6) is 0 Å². The Morgan fingerprint density at radius 1 is 1.22 bits per heavy atom. The Balaban J connectivity index is 1.37. The number of ether oxygens (including phenoxy) is 2. The molecule has 1 saturated heterocycles. The maximum Gasteiger partial charge on any atom is 0.269 e. The van der Waals surface area contributed by atoms with Crippen LogP contribution in [0.2, 0.25) is 0 Å². The molecule has 4 rings (SSSR count). The van der Waals surface area contributed by atoms with E-state index in [-0.39, 0.29) is 17.5 Å². The molecule has 32 heavy (non-hydrogen) atoms. The van der Waals surface area contributed by atoms with Gasteiger partial charge in [-0.3, -0.25) is 19.7 Å². The molecule has 2 heterocycles. The molecule has 1 N–H and O–H groups in total. The molecule has 2 aliphatic heterocycles. The first-order valence-electron chi connectivity index (χ1n) is 10.3. The van der Waals surface area contributed by atoms with E-state index in [1.807, 2.05) is 18.2 Å². The van der Waals surface area contributed by atoms with Gasteiger partial charge in [0.2, 0.25) is 11.8 Å². The number of nitro benzene ring substituents is 1. The molecule has 0 atom stereocenters. The van der Waals surface area contributed by atoms with Crippen molar-refractivity contribution in [1.82, 2.24) is 5.32 Å². The fraction of sp³-hybridized carbons (Fsp3) is 0.304. The highest BCUT2D eigenvalue weighted by molar-refractivity contribution is 6.01. The molecule has 2 amide bonds. The number of nitro groups is 1. The molecule has 9 heteroatoms. The second kappa shape index (κ2) is 8.89. The number of hydrogen-bond acceptors (Lipinski definition) is 6. The summed E-state index contributed by atoms with van der Waals surface area (Å²) in [6, 6.07) is 11.7. The third-order valence-corrected chi connectivity index (χ3v) is 5.63. The number of nitrogens with one attached hydrogen (secondary N) is 1. The topological polar surface area (TPSA) is 111 Å². The molecule has 9 nitrogen and oxygen atoms in total. The van der Waals surface area contributed by atoms with Crippen LogP contribution < -0.4 is 10.2 Å². The molecule has 0 aromatic heterocycles. The van der Waals surface area contributed by atoms with Crippen molar-refractivity contribution in [2.75, 3.05) is 31.7 Å². The molecule has 0 saturated carbocycles. The monoisotopic (exact) mass is 437 g/mol. The van der Waals surface area contributed by atoms with Crippen LogP contribution in [0.25, 0.3) is 6.08 Å². The molecule has 166 valence electrons. The number of rotatable bonds is 7. The lowest BCUT2D eigenvalue weighted by Gasteiger charge is -2.28. The van der Waals surface area contributed by atoms with Crippen molar-refractivity contribution in [3.05, 3.63) is 75.3 Å². The molecule has 0 aliphatic carbocycles. The highest BCUT2D eigenvalue weighted by Crippen LogP contribution is 2.38. The number of carbonyl (C=O) groups is 2. The predicted molar refractivity (Wildman–Crippen MR) is 117 cm³/mol. The van der Waals surface area contributed by atoms with Crippen LogP contribution in [-0.2, 0) is 31.3 Å². The van der Waals surface area contributed by atoms with Gasteiger partial charge in [-0.05, 0) is 41.5 Å². The minimum Gasteiger partial charge on any atom is -0.352 e. The van der Waals surface area contributed by atoms with Crippen molar-refractivity contribution in [3.63, 3.8) is 0 Å². The largest absolute Gasteiger partial charge is 0.352 e. The number of amides is 2. The van der Waals surface area contributed by atoms with Gasteiger partial charge < -0.3 is 19.7 Å². The van der Waals surface area contributed by atoms with Crippen molar-refractivity contribution in [2.24, 2.45) is 0 Å². The summed E-state index contributed by atoms with van der Waals surface area (Å²) < 4.78 is 11.9. The van der Waals surface area contributed by atoms with E-state index in [1.54, 1.807) is 30.2 Å². The standard InChI is InChI=1S/C23H23N3O6/c1-25-20-8-5-18(14-17(20)15-22(25)28)23(31-12-13-32-23)10-11-24-21(27)9-4-16-2-6-19(7-3-16)26(29)30/h2-9,14H,10-13,15H2,1H3,(H,24,27)/b9-4+. The summed E-state index contributed by atoms with van der Waals surface area (Å²) in [6.07, 6.45) is 3.72. The summed E-state index contributed by atoms with van der Waals surface area (Å²) in [5.41, 5.74) is 3.33. The average Bonchev–Trinajstić information content (AvgIpc) is 3.37. The Kier molecular flexibility index (Phi) is 6.02. The van der Waals surface area contributed by atoms with Crippen molar-refractivity contribution < 1.29 is 24.0 Å². The van der Waals surface area contributed by atoms with Crippen LogP contribution in [0.3, 0.4) is 0 Å². The number of fused-ring (bicyclic) bond motifs is 1. The highest BCUT2D eigenvalue weighted by Gasteiger charge is 2.39. The second-order valence-corrected chi connectivity index (χ2v) is 7.65. The lowest BCUT2D eigenvalue weighted by atomic mass is 9.98. The van der Waals surface area contributed by atoms with Crippen molar-refractivity contribution in [3.8, 4) is 0 Å². The zero-order valence-corrected chi connectivity index (χ0v) is 17.6. The number of non-ortho nitro benzene ring substituents is 1. The van der Waals surface area contributed by atoms with Gasteiger partial charge in [0.15, 0.2) is 5.79 Å². The van der Waals surface area contributed by atoms with Gasteiger partial charge >= 0.3 is 0 Å². The number of carbonyl (C=O) groups excluding carboxylic acids is 2. The first-order chi connectivity index (χ1) is 15.4. The lowest BCUT2D eigenvalue weighted by molar-refractivity contribution is -0.384. The van der Waals surface area contributed by atoms with Crippen molar-refractivity contribution in [1.29, 1.82) is 0 Å². The first kappa shape index (κ1) is 21.7. The lowest BCUT2D eigenvalue weighted by Crippen LogP contribution is -2.33. The summed E-state index contributed by atoms with van der Waals surface area (Å²) in [6.45, 7) is 1.22. The zero-order chi connectivity index (χ0) is 22.7. The minimum atomic E-state index is -0.964. The molecule has 0 spiro atoms. The van der Waals surface area contributed by atoms with Crippen molar-refractivity contribution in [2.45, 2.75) is 18.6 Å². The molecule has 2 aromatic rings. The first-order valence-corrected chi connectivity index (χ1v) is 10.3. The fourth-order valence-corrected chi connectivity index (χ4v) is 3.91. The van der Waals surface area contributed by atoms with E-state index in [0.717, 1.165) is 16.8 Å². The smallest absolute Gasteiger partial charge is 0.269 e. The molecular weight excluding hydrogens is 414 g/mol. The van der Waals surface area contributed by atoms with Crippen LogP contribution in [0.4, 0.5) is 11.4 Å². The SMILES string of the molecule is CN1C(=O)Cc2cc(C3(CCNC(=O)/C=C/c4ccc([N+](=O)[O-])cc4)OCCO3)ccc21. The van der Waals surface area contributed by atoms with Crippen LogP contribution in [0.1, 0.15) is 23.1 Å². The maximum atomic E-state index is 12.2. The summed E-state index contributed by atoms with van der Waals surface area (Å²) in [5.74, 6) is -1.21. The summed E-state index contributed by atoms with van der Waals surface area (Å²) >= 11 is 0. The molecule has 2 aliphatic rings. The van der Waals surface area contributed by atoms with Crippen LogP contribution in [0, 0.1) is 10.1 Å². The van der Waals surface area contributed by atoms with Gasteiger partial charge in [-0.2, -0.15) is 0 Å². The van der Waals surface area contributed by atoms with E-state index >= 15 is 0 Å². The third kappa shape index (κ3) is 4.39. The van der Waals surface area contributed by atoms with Crippen LogP contribution in [0.15, 0.2) is 48.5 Å². The Morgan fingerprint density at radius 3 is 2.62 bits per heavy atom. The van der Waals surface area contributed by atoms with Crippen molar-refractivity contribution >= 4 is 29.3 Å². The minimum absolute atomic E-state index is 0.00368. The molecular formula is C23H23N3O6. The van der Waals surface area contributed by atoms with E-state index in [1.165, 1.54) is 18.2 Å². The zero-order valence-electron chi connectivity index (χ0n) is 17.6. The number of hydrogen-bond donors (Lipinski definition) is 1. The Hall–Kier alpha value is -3.56. The quantitative estimate of drug-likeness (QED) is 0.405. The summed E-state index contributed by atoms with van der Waals surface area (Å²) in [7, 11) is 1.76. The number of nitrogens with zero attached hydrogens (tertiary/aromatic N) is 2. The van der Waals surface area contributed by atoms with E-state index in [9.17, 15) is 19.7 Å². The predicted octanol–water partition coefficient (Wildman–Crippen LogP) is 2.53. The highest BCUT2D eigenvalue weighted by atomic mass is 16.7. The van der Waals surface area contributed by atoms with Gasteiger partial charge in [0, 0.05) is 49.5 Å². The third-order valence-electron chi connectivity index (χ3n) is 5.63. The second-order valence-electron chi connectivity index (χ2n) is 7.65. The number of anilines is 1. The summed E-state index contributed by atoms with van der Waals surface area (Å²) in [5, 5.41) is 13.5. The van der Waals surface area contributed by atoms with Gasteiger partial charge in [0.25, 0.3) is 5.69 Å². The van der Waals surface area contributed by atoms with Gasteiger partial charge in [0.1, 0.15) is 0 Å². The average molecular weight is 437 g/mol. The molecule has 1 fully saturated rings. The number of likely N-dealkylation sites (N-methyl/N-ethyl adjacent to an activating group) is 1. The van der Waals surface area contributed by atoms with E-state index < -0.39 is 10.7 Å². The molecule has 0 bridgehead atoms. The maximum absolute atomic E-state index is 12.2. The Morgan fingerprint density at radius 2 is 1.94 bits per heavy atom. The Labute approximate surface area is 184 Å². The van der Waals surface area contributed by atoms with E-state index in [4.69, 9.17) is 9.47 Å². The van der Waals surface area contributed by atoms with Gasteiger partial charge in [0.05, 0.1) is 24.6 Å². The van der Waals surface area contributed by atoms with Crippen LogP contribution >= 0.6 is 0 Å².